The first-order chi connectivity index (χ1) is 18.4. The molecule has 0 N–H and O–H groups in total. The highest BCUT2D eigenvalue weighted by Crippen LogP contribution is 2.29. The zero-order valence-corrected chi connectivity index (χ0v) is 27.5. The quantitative estimate of drug-likeness (QED) is 0.123. The maximum absolute atomic E-state index is 2.78. The second-order valence-electron chi connectivity index (χ2n) is 12.3. The highest BCUT2D eigenvalue weighted by atomic mass is 15.1. The minimum absolute atomic E-state index is 1.13. The fourth-order valence-electron chi connectivity index (χ4n) is 5.98. The molecule has 0 radical (unpaired) electrons. The van der Waals surface area contributed by atoms with Crippen LogP contribution in [0.5, 0.6) is 0 Å². The predicted octanol–water partition coefficient (Wildman–Crippen LogP) is 10.8. The molecule has 0 aliphatic rings. The van der Waals surface area contributed by atoms with Crippen molar-refractivity contribution in [2.24, 2.45) is 0 Å². The van der Waals surface area contributed by atoms with Crippen LogP contribution in [0.3, 0.4) is 0 Å². The Hall–Kier alpha value is -0.860. The van der Waals surface area contributed by atoms with Gasteiger partial charge >= 0.3 is 0 Å². The maximum Gasteiger partial charge on any atom is 0.0239 e. The van der Waals surface area contributed by atoms with E-state index in [0.29, 0.717) is 0 Å². The van der Waals surface area contributed by atoms with Crippen molar-refractivity contribution in [3.63, 3.8) is 0 Å². The molecule has 0 saturated carbocycles. The summed E-state index contributed by atoms with van der Waals surface area (Å²) < 4.78 is 0. The summed E-state index contributed by atoms with van der Waals surface area (Å²) in [6.45, 7) is 26.2. The van der Waals surface area contributed by atoms with Gasteiger partial charge in [0.2, 0.25) is 0 Å². The van der Waals surface area contributed by atoms with Gasteiger partial charge in [-0.3, -0.25) is 9.80 Å². The van der Waals surface area contributed by atoms with Gasteiger partial charge in [-0.25, -0.2) is 0 Å². The van der Waals surface area contributed by atoms with E-state index in [0.717, 1.165) is 13.1 Å². The average molecular weight is 529 g/mol. The summed E-state index contributed by atoms with van der Waals surface area (Å²) in [7, 11) is 0. The molecule has 0 unspecified atom stereocenters. The summed E-state index contributed by atoms with van der Waals surface area (Å²) in [5.74, 6) is 0. The molecule has 1 aromatic carbocycles. The molecule has 0 aromatic heterocycles. The molecule has 0 bridgehead atoms. The number of hydrogen-bond donors (Lipinski definition) is 0. The Labute approximate surface area is 240 Å². The van der Waals surface area contributed by atoms with Gasteiger partial charge in [-0.2, -0.15) is 0 Å². The first kappa shape index (κ1) is 35.2. The molecule has 222 valence electrons. The van der Waals surface area contributed by atoms with Crippen LogP contribution in [0.1, 0.15) is 164 Å². The lowest BCUT2D eigenvalue weighted by molar-refractivity contribution is 0.249. The van der Waals surface area contributed by atoms with Crippen LogP contribution < -0.4 is 0 Å². The van der Waals surface area contributed by atoms with E-state index in [1.807, 2.05) is 0 Å². The Kier molecular flexibility index (Phi) is 20.3. The Morgan fingerprint density at radius 3 is 0.789 bits per heavy atom. The van der Waals surface area contributed by atoms with Crippen molar-refractivity contribution in [3.05, 3.63) is 33.4 Å². The minimum Gasteiger partial charge on any atom is -0.299 e. The first-order valence-corrected chi connectivity index (χ1v) is 16.9. The van der Waals surface area contributed by atoms with Gasteiger partial charge in [0.15, 0.2) is 0 Å². The van der Waals surface area contributed by atoms with Crippen molar-refractivity contribution in [2.75, 3.05) is 26.2 Å². The number of nitrogens with zero attached hydrogens (tertiary/aromatic N) is 2. The molecule has 0 spiro atoms. The van der Waals surface area contributed by atoms with Crippen LogP contribution in [0.2, 0.25) is 0 Å². The molecule has 1 rings (SSSR count). The second-order valence-corrected chi connectivity index (χ2v) is 12.3. The molecular weight excluding hydrogens is 460 g/mol. The molecule has 0 aliphatic carbocycles. The fraction of sp³-hybridized carbons (Fsp3) is 0.833. The molecule has 2 nitrogen and oxygen atoms in total. The van der Waals surface area contributed by atoms with Gasteiger partial charge < -0.3 is 0 Å². The minimum atomic E-state index is 1.13. The van der Waals surface area contributed by atoms with E-state index in [1.54, 1.807) is 33.4 Å². The van der Waals surface area contributed by atoms with Crippen molar-refractivity contribution in [3.8, 4) is 0 Å². The van der Waals surface area contributed by atoms with Crippen LogP contribution in [0.15, 0.2) is 0 Å². The van der Waals surface area contributed by atoms with Crippen LogP contribution in [-0.2, 0) is 13.1 Å². The van der Waals surface area contributed by atoms with Crippen molar-refractivity contribution >= 4 is 0 Å². The van der Waals surface area contributed by atoms with Crippen LogP contribution in [0.25, 0.3) is 0 Å². The van der Waals surface area contributed by atoms with E-state index in [2.05, 4.69) is 65.2 Å². The Morgan fingerprint density at radius 2 is 0.579 bits per heavy atom. The van der Waals surface area contributed by atoms with Crippen LogP contribution in [0.4, 0.5) is 0 Å². The third-order valence-corrected chi connectivity index (χ3v) is 9.01. The molecule has 0 aliphatic heterocycles. The molecule has 0 saturated heterocycles. The van der Waals surface area contributed by atoms with Gasteiger partial charge in [0.25, 0.3) is 0 Å². The van der Waals surface area contributed by atoms with Gasteiger partial charge in [-0.15, -0.1) is 0 Å². The summed E-state index contributed by atoms with van der Waals surface area (Å²) in [5.41, 5.74) is 9.48. The molecule has 38 heavy (non-hydrogen) atoms. The summed E-state index contributed by atoms with van der Waals surface area (Å²) >= 11 is 0. The van der Waals surface area contributed by atoms with Gasteiger partial charge in [0.1, 0.15) is 0 Å². The highest BCUT2D eigenvalue weighted by molar-refractivity contribution is 5.50. The lowest BCUT2D eigenvalue weighted by atomic mass is 9.88. The number of rotatable bonds is 24. The lowest BCUT2D eigenvalue weighted by Gasteiger charge is -2.29. The smallest absolute Gasteiger partial charge is 0.0239 e. The van der Waals surface area contributed by atoms with Gasteiger partial charge in [-0.05, 0) is 113 Å². The number of unbranched alkanes of at least 4 members (excludes halogenated alkanes) is 12. The monoisotopic (exact) mass is 529 g/mol. The van der Waals surface area contributed by atoms with Crippen molar-refractivity contribution < 1.29 is 0 Å². The van der Waals surface area contributed by atoms with Crippen LogP contribution >= 0.6 is 0 Å². The Balaban J connectivity index is 3.05. The standard InChI is InChI=1S/C36H68N2/c1-9-13-17-21-25-37(26-22-18-14-10-2)29-35-31(5)33(7)36(34(8)32(35)6)30-38(27-23-19-15-11-3)28-24-20-16-12-4/h9-30H2,1-8H3. The topological polar surface area (TPSA) is 6.48 Å². The SMILES string of the molecule is CCCCCCN(CCCCCC)Cc1c(C)c(C)c(CN(CCCCCC)CCCCCC)c(C)c1C. The summed E-state index contributed by atoms with van der Waals surface area (Å²) in [5, 5.41) is 0. The molecule has 0 heterocycles. The molecule has 0 fully saturated rings. The van der Waals surface area contributed by atoms with Crippen molar-refractivity contribution in [1.82, 2.24) is 9.80 Å². The molecule has 1 aromatic rings. The average Bonchev–Trinajstić information content (AvgIpc) is 2.92. The zero-order valence-electron chi connectivity index (χ0n) is 27.5. The lowest BCUT2D eigenvalue weighted by Crippen LogP contribution is -2.28. The second kappa shape index (κ2) is 21.9. The summed E-state index contributed by atoms with van der Waals surface area (Å²) in [6.07, 6.45) is 21.7. The van der Waals surface area contributed by atoms with E-state index in [9.17, 15) is 0 Å². The molecule has 0 amide bonds. The highest BCUT2D eigenvalue weighted by Gasteiger charge is 2.19. The Morgan fingerprint density at radius 1 is 0.342 bits per heavy atom. The molecular formula is C36H68N2. The zero-order chi connectivity index (χ0) is 28.2. The van der Waals surface area contributed by atoms with Gasteiger partial charge in [0, 0.05) is 13.1 Å². The third kappa shape index (κ3) is 13.5. The summed E-state index contributed by atoms with van der Waals surface area (Å²) in [6, 6.07) is 0. The van der Waals surface area contributed by atoms with E-state index in [4.69, 9.17) is 0 Å². The Bertz CT molecular complexity index is 609. The largest absolute Gasteiger partial charge is 0.299 e. The molecule has 2 heteroatoms. The van der Waals surface area contributed by atoms with E-state index >= 15 is 0 Å². The third-order valence-electron chi connectivity index (χ3n) is 9.01. The van der Waals surface area contributed by atoms with Gasteiger partial charge in [-0.1, -0.05) is 105 Å². The summed E-state index contributed by atoms with van der Waals surface area (Å²) in [4.78, 5) is 5.57. The number of benzene rings is 1. The first-order valence-electron chi connectivity index (χ1n) is 16.9. The van der Waals surface area contributed by atoms with Crippen molar-refractivity contribution in [1.29, 1.82) is 0 Å². The maximum atomic E-state index is 2.78. The van der Waals surface area contributed by atoms with Gasteiger partial charge in [0.05, 0.1) is 0 Å². The van der Waals surface area contributed by atoms with E-state index < -0.39 is 0 Å². The van der Waals surface area contributed by atoms with E-state index in [1.165, 1.54) is 129 Å². The normalized spacial score (nSPS) is 11.8. The fourth-order valence-corrected chi connectivity index (χ4v) is 5.98. The number of hydrogen-bond acceptors (Lipinski definition) is 2. The van der Waals surface area contributed by atoms with Crippen LogP contribution in [0, 0.1) is 27.7 Å². The molecule has 0 atom stereocenters. The predicted molar refractivity (Wildman–Crippen MR) is 173 cm³/mol. The van der Waals surface area contributed by atoms with Crippen molar-refractivity contribution in [2.45, 2.75) is 171 Å². The van der Waals surface area contributed by atoms with E-state index in [-0.39, 0.29) is 0 Å². The van der Waals surface area contributed by atoms with Crippen LogP contribution in [-0.4, -0.2) is 36.0 Å².